The van der Waals surface area contributed by atoms with Crippen molar-refractivity contribution in [2.45, 2.75) is 38.9 Å². The van der Waals surface area contributed by atoms with Gasteiger partial charge in [-0.2, -0.15) is 0 Å². The molecule has 3 nitrogen and oxygen atoms in total. The van der Waals surface area contributed by atoms with E-state index >= 15 is 0 Å². The molecule has 0 aliphatic carbocycles. The van der Waals surface area contributed by atoms with Crippen molar-refractivity contribution in [3.8, 4) is 5.75 Å². The van der Waals surface area contributed by atoms with Crippen molar-refractivity contribution in [2.24, 2.45) is 0 Å². The summed E-state index contributed by atoms with van der Waals surface area (Å²) in [7, 11) is 0. The molecule has 0 aromatic heterocycles. The molecule has 100 valence electrons. The summed E-state index contributed by atoms with van der Waals surface area (Å²) in [6.07, 6.45) is 2.60. The topological polar surface area (TPSA) is 30.5 Å². The van der Waals surface area contributed by atoms with E-state index < -0.39 is 0 Å². The van der Waals surface area contributed by atoms with Crippen LogP contribution in [0.2, 0.25) is 0 Å². The highest BCUT2D eigenvalue weighted by Crippen LogP contribution is 2.24. The van der Waals surface area contributed by atoms with Gasteiger partial charge in [0, 0.05) is 13.1 Å². The van der Waals surface area contributed by atoms with E-state index in [0.29, 0.717) is 6.10 Å². The second-order valence-corrected chi connectivity index (χ2v) is 4.73. The maximum Gasteiger partial charge on any atom is 0.119 e. The summed E-state index contributed by atoms with van der Waals surface area (Å²) in [4.78, 5) is 0. The van der Waals surface area contributed by atoms with Crippen molar-refractivity contribution in [1.82, 2.24) is 5.32 Å². The predicted molar refractivity (Wildman–Crippen MR) is 73.0 cm³/mol. The Kier molecular flexibility index (Phi) is 5.02. The standard InChI is InChI=1S/C15H23NO2/c1-3-9-17-14-7-5-12(6-8-14)15-11-16-10-13(4-2)18-15/h5-8,13,15-16H,3-4,9-11H2,1-2H3. The summed E-state index contributed by atoms with van der Waals surface area (Å²) in [6, 6.07) is 8.28. The van der Waals surface area contributed by atoms with Crippen molar-refractivity contribution in [1.29, 1.82) is 0 Å². The monoisotopic (exact) mass is 249 g/mol. The van der Waals surface area contributed by atoms with E-state index in [1.165, 1.54) is 5.56 Å². The summed E-state index contributed by atoms with van der Waals surface area (Å²) in [5.74, 6) is 0.941. The Bertz CT molecular complexity index is 350. The largest absolute Gasteiger partial charge is 0.494 e. The lowest BCUT2D eigenvalue weighted by atomic mass is 10.1. The van der Waals surface area contributed by atoms with Gasteiger partial charge in [0.15, 0.2) is 0 Å². The molecule has 0 saturated carbocycles. The molecule has 2 unspecified atom stereocenters. The minimum absolute atomic E-state index is 0.170. The van der Waals surface area contributed by atoms with Crippen LogP contribution < -0.4 is 10.1 Å². The van der Waals surface area contributed by atoms with Gasteiger partial charge in [-0.25, -0.2) is 0 Å². The van der Waals surface area contributed by atoms with E-state index in [2.05, 4.69) is 31.3 Å². The molecule has 1 aromatic carbocycles. The Morgan fingerprint density at radius 3 is 2.67 bits per heavy atom. The van der Waals surface area contributed by atoms with Crippen LogP contribution in [0.15, 0.2) is 24.3 Å². The summed E-state index contributed by atoms with van der Waals surface area (Å²) >= 11 is 0. The second kappa shape index (κ2) is 6.76. The first-order valence-corrected chi connectivity index (χ1v) is 6.92. The molecular weight excluding hydrogens is 226 g/mol. The van der Waals surface area contributed by atoms with E-state index in [9.17, 15) is 0 Å². The van der Waals surface area contributed by atoms with E-state index in [1.54, 1.807) is 0 Å². The van der Waals surface area contributed by atoms with Crippen LogP contribution in [0.3, 0.4) is 0 Å². The number of hydrogen-bond donors (Lipinski definition) is 1. The zero-order chi connectivity index (χ0) is 12.8. The van der Waals surface area contributed by atoms with Crippen molar-refractivity contribution >= 4 is 0 Å². The average Bonchev–Trinajstić information content (AvgIpc) is 2.46. The summed E-state index contributed by atoms with van der Waals surface area (Å²) in [6.45, 7) is 6.91. The highest BCUT2D eigenvalue weighted by Gasteiger charge is 2.21. The van der Waals surface area contributed by atoms with Gasteiger partial charge >= 0.3 is 0 Å². The third-order valence-corrected chi connectivity index (χ3v) is 3.24. The summed E-state index contributed by atoms with van der Waals surface area (Å²) in [5, 5.41) is 3.43. The van der Waals surface area contributed by atoms with Crippen LogP contribution in [0.1, 0.15) is 38.4 Å². The highest BCUT2D eigenvalue weighted by molar-refractivity contribution is 5.29. The molecule has 2 atom stereocenters. The molecule has 1 N–H and O–H groups in total. The molecule has 0 bridgehead atoms. The molecule has 3 heteroatoms. The van der Waals surface area contributed by atoms with Crippen LogP contribution in [-0.2, 0) is 4.74 Å². The Morgan fingerprint density at radius 2 is 2.00 bits per heavy atom. The molecule has 1 aromatic rings. The van der Waals surface area contributed by atoms with Crippen molar-refractivity contribution in [2.75, 3.05) is 19.7 Å². The number of morpholine rings is 1. The fraction of sp³-hybridized carbons (Fsp3) is 0.600. The summed E-state index contributed by atoms with van der Waals surface area (Å²) in [5.41, 5.74) is 1.23. The SMILES string of the molecule is CCCOc1ccc(C2CNCC(CC)O2)cc1. The zero-order valence-corrected chi connectivity index (χ0v) is 11.3. The molecule has 0 spiro atoms. The van der Waals surface area contributed by atoms with Gasteiger partial charge in [-0.15, -0.1) is 0 Å². The molecular formula is C15H23NO2. The zero-order valence-electron chi connectivity index (χ0n) is 11.3. The molecule has 1 aliphatic rings. The first kappa shape index (κ1) is 13.4. The number of hydrogen-bond acceptors (Lipinski definition) is 3. The van der Waals surface area contributed by atoms with Crippen LogP contribution in [0.4, 0.5) is 0 Å². The smallest absolute Gasteiger partial charge is 0.119 e. The fourth-order valence-corrected chi connectivity index (χ4v) is 2.14. The predicted octanol–water partition coefficient (Wildman–Crippen LogP) is 2.91. The molecule has 1 fully saturated rings. The van der Waals surface area contributed by atoms with Crippen LogP contribution in [-0.4, -0.2) is 25.8 Å². The van der Waals surface area contributed by atoms with E-state index in [1.807, 2.05) is 12.1 Å². The van der Waals surface area contributed by atoms with Crippen LogP contribution in [0.25, 0.3) is 0 Å². The lowest BCUT2D eigenvalue weighted by molar-refractivity contribution is -0.0399. The molecule has 2 rings (SSSR count). The van der Waals surface area contributed by atoms with Crippen LogP contribution in [0.5, 0.6) is 5.75 Å². The number of ether oxygens (including phenoxy) is 2. The minimum Gasteiger partial charge on any atom is -0.494 e. The van der Waals surface area contributed by atoms with Crippen LogP contribution in [0, 0.1) is 0 Å². The maximum atomic E-state index is 6.04. The first-order valence-electron chi connectivity index (χ1n) is 6.92. The van der Waals surface area contributed by atoms with Gasteiger partial charge in [0.25, 0.3) is 0 Å². The molecule has 18 heavy (non-hydrogen) atoms. The van der Waals surface area contributed by atoms with Crippen molar-refractivity contribution < 1.29 is 9.47 Å². The van der Waals surface area contributed by atoms with E-state index in [4.69, 9.17) is 9.47 Å². The normalized spacial score (nSPS) is 23.9. The van der Waals surface area contributed by atoms with Crippen molar-refractivity contribution in [3.63, 3.8) is 0 Å². The Balaban J connectivity index is 1.96. The third-order valence-electron chi connectivity index (χ3n) is 3.24. The maximum absolute atomic E-state index is 6.04. The number of benzene rings is 1. The Hall–Kier alpha value is -1.06. The number of rotatable bonds is 5. The quantitative estimate of drug-likeness (QED) is 0.870. The average molecular weight is 249 g/mol. The van der Waals surface area contributed by atoms with Crippen LogP contribution >= 0.6 is 0 Å². The van der Waals surface area contributed by atoms with E-state index in [0.717, 1.165) is 38.3 Å². The molecule has 1 aliphatic heterocycles. The molecule has 0 radical (unpaired) electrons. The van der Waals surface area contributed by atoms with Gasteiger partial charge in [0.2, 0.25) is 0 Å². The lowest BCUT2D eigenvalue weighted by Gasteiger charge is -2.30. The third kappa shape index (κ3) is 3.47. The highest BCUT2D eigenvalue weighted by atomic mass is 16.5. The van der Waals surface area contributed by atoms with E-state index in [-0.39, 0.29) is 6.10 Å². The molecule has 1 heterocycles. The Labute approximate surface area is 109 Å². The lowest BCUT2D eigenvalue weighted by Crippen LogP contribution is -2.40. The fourth-order valence-electron chi connectivity index (χ4n) is 2.14. The van der Waals surface area contributed by atoms with Gasteiger partial charge in [-0.05, 0) is 30.5 Å². The summed E-state index contributed by atoms with van der Waals surface area (Å²) < 4.78 is 11.6. The van der Waals surface area contributed by atoms with Gasteiger partial charge < -0.3 is 14.8 Å². The number of nitrogens with one attached hydrogen (secondary N) is 1. The first-order chi connectivity index (χ1) is 8.83. The molecule has 1 saturated heterocycles. The van der Waals surface area contributed by atoms with Gasteiger partial charge in [-0.3, -0.25) is 0 Å². The molecule has 0 amide bonds. The van der Waals surface area contributed by atoms with Gasteiger partial charge in [0.05, 0.1) is 18.8 Å². The Morgan fingerprint density at radius 1 is 1.22 bits per heavy atom. The van der Waals surface area contributed by atoms with Gasteiger partial charge in [0.1, 0.15) is 5.75 Å². The minimum atomic E-state index is 0.170. The van der Waals surface area contributed by atoms with Gasteiger partial charge in [-0.1, -0.05) is 26.0 Å². The second-order valence-electron chi connectivity index (χ2n) is 4.73. The van der Waals surface area contributed by atoms with Crippen molar-refractivity contribution in [3.05, 3.63) is 29.8 Å².